The van der Waals surface area contributed by atoms with E-state index < -0.39 is 16.8 Å². The minimum Gasteiger partial charge on any atom is -0.367 e. The van der Waals surface area contributed by atoms with Gasteiger partial charge in [-0.2, -0.15) is 18.3 Å². The van der Waals surface area contributed by atoms with E-state index in [0.29, 0.717) is 24.6 Å². The Balaban J connectivity index is 1.51. The molecule has 0 aromatic carbocycles. The number of ether oxygens (including phenoxy) is 1. The molecule has 12 heteroatoms. The van der Waals surface area contributed by atoms with Crippen molar-refractivity contribution >= 4 is 23.1 Å². The number of aromatic nitrogens is 6. The van der Waals surface area contributed by atoms with Gasteiger partial charge in [-0.1, -0.05) is 11.6 Å². The fourth-order valence-corrected chi connectivity index (χ4v) is 4.27. The number of aromatic amines is 1. The number of anilines is 1. The van der Waals surface area contributed by atoms with Crippen molar-refractivity contribution < 1.29 is 17.9 Å². The highest BCUT2D eigenvalue weighted by Crippen LogP contribution is 2.36. The fraction of sp³-hybridized carbons (Fsp3) is 0.333. The summed E-state index contributed by atoms with van der Waals surface area (Å²) in [6.45, 7) is 5.06. The zero-order chi connectivity index (χ0) is 23.3. The SMILES string of the molecule is Cc1[nH]ncc1[C@@H]1CN(c2ccnc(-c3cnc4cc(Cl)c(C(F)(F)F)cn34)n2)C[C@@H](C)O1. The van der Waals surface area contributed by atoms with E-state index in [9.17, 15) is 13.2 Å². The van der Waals surface area contributed by atoms with Crippen LogP contribution in [-0.4, -0.2) is 48.7 Å². The van der Waals surface area contributed by atoms with Crippen LogP contribution >= 0.6 is 11.6 Å². The topological polar surface area (TPSA) is 84.2 Å². The van der Waals surface area contributed by atoms with Gasteiger partial charge in [0, 0.05) is 36.3 Å². The van der Waals surface area contributed by atoms with Gasteiger partial charge in [0.1, 0.15) is 23.3 Å². The molecule has 0 saturated carbocycles. The van der Waals surface area contributed by atoms with Crippen LogP contribution in [0.15, 0.2) is 36.9 Å². The summed E-state index contributed by atoms with van der Waals surface area (Å²) in [4.78, 5) is 15.2. The lowest BCUT2D eigenvalue weighted by molar-refractivity contribution is -0.137. The lowest BCUT2D eigenvalue weighted by Crippen LogP contribution is -2.43. The minimum atomic E-state index is -4.60. The number of hydrogen-bond acceptors (Lipinski definition) is 6. The number of aryl methyl sites for hydroxylation is 1. The molecule has 1 fully saturated rings. The van der Waals surface area contributed by atoms with E-state index in [-0.39, 0.29) is 23.7 Å². The van der Waals surface area contributed by atoms with Gasteiger partial charge in [0.2, 0.25) is 0 Å². The predicted octanol–water partition coefficient (Wildman–Crippen LogP) is 4.46. The van der Waals surface area contributed by atoms with Crippen molar-refractivity contribution in [3.63, 3.8) is 0 Å². The molecule has 2 atom stereocenters. The molecule has 0 amide bonds. The van der Waals surface area contributed by atoms with Gasteiger partial charge in [-0.25, -0.2) is 15.0 Å². The Hall–Kier alpha value is -3.18. The number of nitrogens with zero attached hydrogens (tertiary/aromatic N) is 6. The van der Waals surface area contributed by atoms with E-state index >= 15 is 0 Å². The smallest absolute Gasteiger partial charge is 0.367 e. The Morgan fingerprint density at radius 3 is 2.76 bits per heavy atom. The van der Waals surface area contributed by atoms with E-state index in [4.69, 9.17) is 16.3 Å². The fourth-order valence-electron chi connectivity index (χ4n) is 4.02. The molecular weight excluding hydrogens is 459 g/mol. The van der Waals surface area contributed by atoms with Crippen molar-refractivity contribution in [2.45, 2.75) is 32.2 Å². The molecule has 1 aliphatic rings. The molecule has 4 aromatic rings. The predicted molar refractivity (Wildman–Crippen MR) is 115 cm³/mol. The molecular formula is C21H19ClF3N7O. The molecule has 5 heterocycles. The third kappa shape index (κ3) is 4.02. The summed E-state index contributed by atoms with van der Waals surface area (Å²) in [5.74, 6) is 0.895. The monoisotopic (exact) mass is 477 g/mol. The van der Waals surface area contributed by atoms with Gasteiger partial charge in [0.25, 0.3) is 0 Å². The Bertz CT molecular complexity index is 1320. The molecule has 1 saturated heterocycles. The van der Waals surface area contributed by atoms with Crippen LogP contribution in [0, 0.1) is 6.92 Å². The zero-order valence-electron chi connectivity index (χ0n) is 17.6. The number of nitrogens with one attached hydrogen (secondary N) is 1. The number of pyridine rings is 1. The van der Waals surface area contributed by atoms with Crippen molar-refractivity contribution in [3.8, 4) is 11.5 Å². The Morgan fingerprint density at radius 1 is 1.21 bits per heavy atom. The van der Waals surface area contributed by atoms with E-state index in [0.717, 1.165) is 17.5 Å². The van der Waals surface area contributed by atoms with Gasteiger partial charge in [-0.3, -0.25) is 9.50 Å². The summed E-state index contributed by atoms with van der Waals surface area (Å²) in [5, 5.41) is 6.59. The average Bonchev–Trinajstić information content (AvgIpc) is 3.37. The summed E-state index contributed by atoms with van der Waals surface area (Å²) in [6.07, 6.45) is 0.829. The molecule has 8 nitrogen and oxygen atoms in total. The van der Waals surface area contributed by atoms with E-state index in [2.05, 4.69) is 30.0 Å². The van der Waals surface area contributed by atoms with Crippen LogP contribution in [-0.2, 0) is 10.9 Å². The lowest BCUT2D eigenvalue weighted by Gasteiger charge is -2.37. The summed E-state index contributed by atoms with van der Waals surface area (Å²) < 4.78 is 47.5. The van der Waals surface area contributed by atoms with Crippen LogP contribution in [0.5, 0.6) is 0 Å². The quantitative estimate of drug-likeness (QED) is 0.469. The molecule has 4 aromatic heterocycles. The second-order valence-electron chi connectivity index (χ2n) is 7.93. The van der Waals surface area contributed by atoms with Gasteiger partial charge < -0.3 is 9.64 Å². The first-order valence-corrected chi connectivity index (χ1v) is 10.6. The summed E-state index contributed by atoms with van der Waals surface area (Å²) in [6, 6.07) is 2.95. The summed E-state index contributed by atoms with van der Waals surface area (Å²) in [7, 11) is 0. The van der Waals surface area contributed by atoms with Gasteiger partial charge in [-0.15, -0.1) is 0 Å². The van der Waals surface area contributed by atoms with Crippen LogP contribution in [0.2, 0.25) is 5.02 Å². The number of H-pyrrole nitrogens is 1. The first kappa shape index (κ1) is 21.7. The molecule has 33 heavy (non-hydrogen) atoms. The highest BCUT2D eigenvalue weighted by atomic mass is 35.5. The largest absolute Gasteiger partial charge is 0.419 e. The molecule has 0 spiro atoms. The van der Waals surface area contributed by atoms with Gasteiger partial charge in [0.15, 0.2) is 5.82 Å². The van der Waals surface area contributed by atoms with E-state index in [1.807, 2.05) is 13.8 Å². The van der Waals surface area contributed by atoms with Crippen LogP contribution in [0.1, 0.15) is 29.8 Å². The third-order valence-electron chi connectivity index (χ3n) is 5.57. The number of alkyl halides is 3. The number of hydrogen-bond donors (Lipinski definition) is 1. The van der Waals surface area contributed by atoms with Crippen molar-refractivity contribution in [2.75, 3.05) is 18.0 Å². The van der Waals surface area contributed by atoms with Crippen LogP contribution < -0.4 is 4.90 Å². The normalized spacial score (nSPS) is 19.4. The van der Waals surface area contributed by atoms with Gasteiger partial charge >= 0.3 is 6.18 Å². The Morgan fingerprint density at radius 2 is 2.03 bits per heavy atom. The molecule has 0 unspecified atom stereocenters. The minimum absolute atomic E-state index is 0.0660. The summed E-state index contributed by atoms with van der Waals surface area (Å²) in [5.41, 5.74) is 1.55. The first-order chi connectivity index (χ1) is 15.7. The average molecular weight is 478 g/mol. The molecule has 1 aliphatic heterocycles. The number of fused-ring (bicyclic) bond motifs is 1. The highest BCUT2D eigenvalue weighted by Gasteiger charge is 2.34. The lowest BCUT2D eigenvalue weighted by atomic mass is 10.1. The summed E-state index contributed by atoms with van der Waals surface area (Å²) >= 11 is 5.82. The standard InChI is InChI=1S/C21H19ClF3N7O/c1-11-8-31(10-17(33-11)13-6-28-30-12(13)2)18-3-4-26-20(29-18)16-7-27-19-5-15(22)14(9-32(16)19)21(23,24)25/h3-7,9,11,17H,8,10H2,1-2H3,(H,28,30)/t11-,17+/m1/s1. The number of rotatable bonds is 3. The van der Waals surface area contributed by atoms with Crippen LogP contribution in [0.4, 0.5) is 19.0 Å². The van der Waals surface area contributed by atoms with Gasteiger partial charge in [-0.05, 0) is 19.9 Å². The highest BCUT2D eigenvalue weighted by molar-refractivity contribution is 6.31. The second kappa shape index (κ2) is 7.99. The molecule has 0 radical (unpaired) electrons. The van der Waals surface area contributed by atoms with Crippen molar-refractivity contribution in [1.29, 1.82) is 0 Å². The maximum atomic E-state index is 13.4. The first-order valence-electron chi connectivity index (χ1n) is 10.2. The maximum Gasteiger partial charge on any atom is 0.419 e. The molecule has 1 N–H and O–H groups in total. The van der Waals surface area contributed by atoms with Crippen molar-refractivity contribution in [3.05, 3.63) is 58.8 Å². The van der Waals surface area contributed by atoms with Crippen molar-refractivity contribution in [2.24, 2.45) is 0 Å². The Kier molecular flexibility index (Phi) is 5.25. The van der Waals surface area contributed by atoms with Gasteiger partial charge in [0.05, 0.1) is 35.6 Å². The Labute approximate surface area is 191 Å². The number of imidazole rings is 1. The number of morpholine rings is 1. The molecule has 5 rings (SSSR count). The van der Waals surface area contributed by atoms with Crippen molar-refractivity contribution in [1.82, 2.24) is 29.5 Å². The molecule has 172 valence electrons. The molecule has 0 bridgehead atoms. The van der Waals surface area contributed by atoms with E-state index in [1.54, 1.807) is 18.5 Å². The number of halogens is 4. The second-order valence-corrected chi connectivity index (χ2v) is 8.34. The zero-order valence-corrected chi connectivity index (χ0v) is 18.4. The van der Waals surface area contributed by atoms with Crippen LogP contribution in [0.25, 0.3) is 17.2 Å². The third-order valence-corrected chi connectivity index (χ3v) is 5.88. The molecule has 0 aliphatic carbocycles. The van der Waals surface area contributed by atoms with Crippen LogP contribution in [0.3, 0.4) is 0 Å². The van der Waals surface area contributed by atoms with E-state index in [1.165, 1.54) is 16.7 Å². The maximum absolute atomic E-state index is 13.4.